The van der Waals surface area contributed by atoms with Crippen LogP contribution in [0.1, 0.15) is 23.0 Å². The molecule has 0 radical (unpaired) electrons. The molecule has 0 aliphatic heterocycles. The topological polar surface area (TPSA) is 102 Å². The van der Waals surface area contributed by atoms with Crippen LogP contribution in [0.15, 0.2) is 45.8 Å². The first-order valence-electron chi connectivity index (χ1n) is 8.91. The number of hydrogen-bond donors (Lipinski definition) is 1. The van der Waals surface area contributed by atoms with E-state index in [9.17, 15) is 26.4 Å². The standard InChI is InChI=1S/C19H18F3N3O5S/c1-4-29-18-16(13(7-8-23-18)19(20,21)22)31(27,28)24-17(26)15-9-11-5-6-12(25(2)3)10-14(11)30-15/h5-10H,4H2,1-3H3,(H,24,26). The molecule has 31 heavy (non-hydrogen) atoms. The van der Waals surface area contributed by atoms with E-state index in [4.69, 9.17) is 9.15 Å². The molecule has 2 aromatic heterocycles. The molecule has 166 valence electrons. The van der Waals surface area contributed by atoms with Gasteiger partial charge in [-0.3, -0.25) is 4.79 Å². The molecule has 12 heteroatoms. The molecule has 0 bridgehead atoms. The zero-order valence-corrected chi connectivity index (χ0v) is 17.5. The second kappa shape index (κ2) is 8.10. The normalized spacial score (nSPS) is 12.1. The summed E-state index contributed by atoms with van der Waals surface area (Å²) in [4.78, 5) is 16.6. The fourth-order valence-corrected chi connectivity index (χ4v) is 4.05. The van der Waals surface area contributed by atoms with Crippen LogP contribution in [0.2, 0.25) is 0 Å². The Morgan fingerprint density at radius 2 is 1.94 bits per heavy atom. The maximum Gasteiger partial charge on any atom is 0.418 e. The van der Waals surface area contributed by atoms with Gasteiger partial charge in [0.05, 0.1) is 12.2 Å². The fraction of sp³-hybridized carbons (Fsp3) is 0.263. The van der Waals surface area contributed by atoms with Crippen LogP contribution in [0.4, 0.5) is 18.9 Å². The molecule has 1 amide bonds. The fourth-order valence-electron chi connectivity index (χ4n) is 2.78. The number of rotatable bonds is 6. The van der Waals surface area contributed by atoms with Crippen LogP contribution in [-0.4, -0.2) is 40.0 Å². The SMILES string of the molecule is CCOc1nccc(C(F)(F)F)c1S(=O)(=O)NC(=O)c1cc2ccc(N(C)C)cc2o1. The number of carbonyl (C=O) groups excluding carboxylic acids is 1. The van der Waals surface area contributed by atoms with Crippen molar-refractivity contribution in [3.8, 4) is 5.88 Å². The quantitative estimate of drug-likeness (QED) is 0.605. The number of ether oxygens (including phenoxy) is 1. The van der Waals surface area contributed by atoms with E-state index in [0.29, 0.717) is 17.0 Å². The largest absolute Gasteiger partial charge is 0.477 e. The summed E-state index contributed by atoms with van der Waals surface area (Å²) in [6, 6.07) is 6.84. The smallest absolute Gasteiger partial charge is 0.418 e. The Labute approximate surface area is 175 Å². The first-order chi connectivity index (χ1) is 14.4. The van der Waals surface area contributed by atoms with Crippen molar-refractivity contribution in [3.05, 3.63) is 47.9 Å². The number of fused-ring (bicyclic) bond motifs is 1. The van der Waals surface area contributed by atoms with E-state index in [2.05, 4.69) is 4.98 Å². The lowest BCUT2D eigenvalue weighted by Crippen LogP contribution is -2.32. The summed E-state index contributed by atoms with van der Waals surface area (Å²) < 4.78 is 77.7. The monoisotopic (exact) mass is 457 g/mol. The first-order valence-corrected chi connectivity index (χ1v) is 10.4. The zero-order valence-electron chi connectivity index (χ0n) is 16.6. The van der Waals surface area contributed by atoms with Crippen LogP contribution in [0, 0.1) is 0 Å². The summed E-state index contributed by atoms with van der Waals surface area (Å²) in [6.07, 6.45) is -4.25. The van der Waals surface area contributed by atoms with Crippen LogP contribution in [0.25, 0.3) is 11.0 Å². The summed E-state index contributed by atoms with van der Waals surface area (Å²) in [5, 5.41) is 0.514. The predicted octanol–water partition coefficient (Wildman–Crippen LogP) is 3.43. The van der Waals surface area contributed by atoms with Crippen LogP contribution >= 0.6 is 0 Å². The number of aromatic nitrogens is 1. The molecule has 8 nitrogen and oxygen atoms in total. The Bertz CT molecular complexity index is 1240. The maximum absolute atomic E-state index is 13.4. The van der Waals surface area contributed by atoms with Crippen molar-refractivity contribution in [2.45, 2.75) is 18.0 Å². The van der Waals surface area contributed by atoms with Crippen LogP contribution < -0.4 is 14.4 Å². The number of hydrogen-bond acceptors (Lipinski definition) is 7. The van der Waals surface area contributed by atoms with Crippen LogP contribution in [0.5, 0.6) is 5.88 Å². The molecule has 0 spiro atoms. The van der Waals surface area contributed by atoms with Crippen molar-refractivity contribution < 1.29 is 35.5 Å². The lowest BCUT2D eigenvalue weighted by Gasteiger charge is -2.16. The molecule has 3 rings (SSSR count). The van der Waals surface area contributed by atoms with Crippen molar-refractivity contribution in [1.82, 2.24) is 9.71 Å². The van der Waals surface area contributed by atoms with Gasteiger partial charge in [0.25, 0.3) is 10.0 Å². The third kappa shape index (κ3) is 4.58. The molecule has 2 heterocycles. The number of furan rings is 1. The molecule has 1 aromatic carbocycles. The summed E-state index contributed by atoms with van der Waals surface area (Å²) in [5.74, 6) is -2.38. The third-order valence-electron chi connectivity index (χ3n) is 4.20. The van der Waals surface area contributed by atoms with E-state index in [1.807, 2.05) is 0 Å². The van der Waals surface area contributed by atoms with E-state index in [0.717, 1.165) is 11.9 Å². The van der Waals surface area contributed by atoms with Gasteiger partial charge in [-0.1, -0.05) is 0 Å². The number of pyridine rings is 1. The van der Waals surface area contributed by atoms with Gasteiger partial charge in [-0.25, -0.2) is 18.1 Å². The molecule has 0 aliphatic carbocycles. The Morgan fingerprint density at radius 1 is 1.23 bits per heavy atom. The average Bonchev–Trinajstić information content (AvgIpc) is 3.10. The minimum absolute atomic E-state index is 0.136. The minimum atomic E-state index is -5.02. The first kappa shape index (κ1) is 22.4. The number of nitrogens with zero attached hydrogens (tertiary/aromatic N) is 2. The lowest BCUT2D eigenvalue weighted by molar-refractivity contribution is -0.140. The van der Waals surface area contributed by atoms with Gasteiger partial charge in [-0.05, 0) is 31.2 Å². The van der Waals surface area contributed by atoms with Crippen LogP contribution in [-0.2, 0) is 16.2 Å². The highest BCUT2D eigenvalue weighted by molar-refractivity contribution is 7.90. The molecular formula is C19H18F3N3O5S. The second-order valence-corrected chi connectivity index (χ2v) is 8.20. The van der Waals surface area contributed by atoms with E-state index in [1.54, 1.807) is 41.9 Å². The summed E-state index contributed by atoms with van der Waals surface area (Å²) in [5.41, 5.74) is -0.430. The third-order valence-corrected chi connectivity index (χ3v) is 5.58. The summed E-state index contributed by atoms with van der Waals surface area (Å²) in [7, 11) is -1.41. The maximum atomic E-state index is 13.4. The van der Waals surface area contributed by atoms with Crippen LogP contribution in [0.3, 0.4) is 0 Å². The summed E-state index contributed by atoms with van der Waals surface area (Å²) in [6.45, 7) is 1.32. The molecule has 0 atom stereocenters. The zero-order chi connectivity index (χ0) is 23.0. The molecule has 0 fully saturated rings. The van der Waals surface area contributed by atoms with E-state index >= 15 is 0 Å². The lowest BCUT2D eigenvalue weighted by atomic mass is 10.2. The molecule has 3 aromatic rings. The number of nitrogens with one attached hydrogen (secondary N) is 1. The minimum Gasteiger partial charge on any atom is -0.477 e. The Balaban J connectivity index is 2.01. The average molecular weight is 457 g/mol. The molecule has 1 N–H and O–H groups in total. The van der Waals surface area contributed by atoms with Gasteiger partial charge >= 0.3 is 12.1 Å². The van der Waals surface area contributed by atoms with Crippen molar-refractivity contribution in [2.24, 2.45) is 0 Å². The Kier molecular flexibility index (Phi) is 5.85. The number of amides is 1. The highest BCUT2D eigenvalue weighted by Crippen LogP contribution is 2.37. The van der Waals surface area contributed by atoms with E-state index in [-0.39, 0.29) is 12.4 Å². The number of alkyl halides is 3. The molecule has 0 saturated heterocycles. The molecule has 0 aliphatic rings. The highest BCUT2D eigenvalue weighted by Gasteiger charge is 2.41. The number of sulfonamides is 1. The van der Waals surface area contributed by atoms with Gasteiger partial charge in [-0.15, -0.1) is 0 Å². The van der Waals surface area contributed by atoms with E-state index in [1.165, 1.54) is 13.0 Å². The molecule has 0 saturated carbocycles. The predicted molar refractivity (Wildman–Crippen MR) is 106 cm³/mol. The van der Waals surface area contributed by atoms with Crippen molar-refractivity contribution in [2.75, 3.05) is 25.6 Å². The molecule has 0 unspecified atom stereocenters. The van der Waals surface area contributed by atoms with E-state index < -0.39 is 38.4 Å². The number of carbonyl (C=O) groups is 1. The van der Waals surface area contributed by atoms with Crippen molar-refractivity contribution in [3.63, 3.8) is 0 Å². The van der Waals surface area contributed by atoms with Gasteiger partial charge in [0.15, 0.2) is 10.7 Å². The van der Waals surface area contributed by atoms with Gasteiger partial charge < -0.3 is 14.1 Å². The molecular weight excluding hydrogens is 439 g/mol. The van der Waals surface area contributed by atoms with Gasteiger partial charge in [-0.2, -0.15) is 13.2 Å². The second-order valence-electron chi connectivity index (χ2n) is 6.59. The number of halogens is 3. The number of benzene rings is 1. The van der Waals surface area contributed by atoms with Gasteiger partial charge in [0.2, 0.25) is 5.88 Å². The van der Waals surface area contributed by atoms with Gasteiger partial charge in [0.1, 0.15) is 5.58 Å². The van der Waals surface area contributed by atoms with Gasteiger partial charge in [0, 0.05) is 37.4 Å². The van der Waals surface area contributed by atoms with Crippen molar-refractivity contribution in [1.29, 1.82) is 0 Å². The Morgan fingerprint density at radius 3 is 2.55 bits per heavy atom. The number of anilines is 1. The summed E-state index contributed by atoms with van der Waals surface area (Å²) >= 11 is 0. The highest BCUT2D eigenvalue weighted by atomic mass is 32.2. The van der Waals surface area contributed by atoms with Crippen molar-refractivity contribution >= 4 is 32.6 Å². The Hall–Kier alpha value is -3.28.